The number of nitrogen functional groups attached to an aromatic ring is 2. The lowest BCUT2D eigenvalue weighted by atomic mass is 10.1. The third kappa shape index (κ3) is 7.04. The van der Waals surface area contributed by atoms with Crippen molar-refractivity contribution in [1.29, 1.82) is 0 Å². The van der Waals surface area contributed by atoms with E-state index in [2.05, 4.69) is 20.5 Å². The number of hydrogen-bond donors (Lipinski definition) is 7. The summed E-state index contributed by atoms with van der Waals surface area (Å²) in [7, 11) is -20.0. The smallest absolute Gasteiger partial charge is 0.296 e. The van der Waals surface area contributed by atoms with Crippen molar-refractivity contribution < 1.29 is 57.0 Å². The van der Waals surface area contributed by atoms with Crippen LogP contribution in [0.25, 0.3) is 10.8 Å². The zero-order valence-electron chi connectivity index (χ0n) is 21.8. The highest BCUT2D eigenvalue weighted by Gasteiger charge is 2.28. The molecule has 4 aromatic rings. The Morgan fingerprint density at radius 1 is 0.556 bits per heavy atom. The molecule has 0 heterocycles. The number of nitrogens with two attached hydrogens (primary N) is 2. The highest BCUT2D eigenvalue weighted by Crippen LogP contribution is 2.48. The minimum absolute atomic E-state index is 0.0706. The second-order valence-corrected chi connectivity index (χ2v) is 14.4. The molecule has 0 saturated carbocycles. The van der Waals surface area contributed by atoms with Gasteiger partial charge in [0.15, 0.2) is 5.75 Å². The molecule has 0 amide bonds. The second-order valence-electron chi connectivity index (χ2n) is 8.83. The van der Waals surface area contributed by atoms with E-state index in [1.165, 1.54) is 0 Å². The van der Waals surface area contributed by atoms with E-state index in [9.17, 15) is 52.4 Å². The molecule has 23 heteroatoms. The first-order valence-electron chi connectivity index (χ1n) is 11.4. The van der Waals surface area contributed by atoms with Gasteiger partial charge < -0.3 is 16.6 Å². The summed E-state index contributed by atoms with van der Waals surface area (Å²) in [5, 5.41) is 24.5. The van der Waals surface area contributed by atoms with Crippen molar-refractivity contribution in [3.63, 3.8) is 0 Å². The van der Waals surface area contributed by atoms with Crippen LogP contribution in [0, 0.1) is 0 Å². The molecule has 0 aliphatic carbocycles. The van der Waals surface area contributed by atoms with Gasteiger partial charge in [0.05, 0.1) is 21.7 Å². The number of rotatable bonds is 8. The van der Waals surface area contributed by atoms with Crippen LogP contribution in [0.3, 0.4) is 0 Å². The summed E-state index contributed by atoms with van der Waals surface area (Å²) in [5.41, 5.74) is 8.32. The van der Waals surface area contributed by atoms with E-state index in [1.54, 1.807) is 0 Å². The molecule has 0 atom stereocenters. The van der Waals surface area contributed by atoms with Crippen LogP contribution in [0.2, 0.25) is 0 Å². The van der Waals surface area contributed by atoms with Gasteiger partial charge in [0, 0.05) is 5.69 Å². The highest BCUT2D eigenvalue weighted by molar-refractivity contribution is 7.86. The molecule has 238 valence electrons. The van der Waals surface area contributed by atoms with Crippen LogP contribution in [0.1, 0.15) is 0 Å². The van der Waals surface area contributed by atoms with Gasteiger partial charge in [0.2, 0.25) is 0 Å². The van der Waals surface area contributed by atoms with Crippen molar-refractivity contribution in [3.05, 3.63) is 54.6 Å². The Kier molecular flexibility index (Phi) is 8.42. The maximum Gasteiger partial charge on any atom is 0.296 e. The topological polar surface area (TPSA) is 339 Å². The van der Waals surface area contributed by atoms with Crippen molar-refractivity contribution in [3.8, 4) is 5.75 Å². The number of benzene rings is 4. The Balaban J connectivity index is 2.02. The normalized spacial score (nSPS) is 13.2. The molecule has 0 aromatic heterocycles. The van der Waals surface area contributed by atoms with Crippen molar-refractivity contribution in [2.24, 2.45) is 20.5 Å². The van der Waals surface area contributed by atoms with E-state index >= 15 is 0 Å². The summed E-state index contributed by atoms with van der Waals surface area (Å²) in [6, 6.07) is 8.08. The fourth-order valence-electron chi connectivity index (χ4n) is 3.83. The molecule has 0 saturated heterocycles. The van der Waals surface area contributed by atoms with Gasteiger partial charge in [-0.1, -0.05) is 0 Å². The fourth-order valence-corrected chi connectivity index (χ4v) is 6.24. The lowest BCUT2D eigenvalue weighted by Crippen LogP contribution is -2.04. The number of azo groups is 2. The van der Waals surface area contributed by atoms with Crippen LogP contribution in [0.5, 0.6) is 5.75 Å². The monoisotopic (exact) mass is 702 g/mol. The lowest BCUT2D eigenvalue weighted by molar-refractivity contribution is 0.472. The van der Waals surface area contributed by atoms with Crippen molar-refractivity contribution in [1.82, 2.24) is 0 Å². The van der Waals surface area contributed by atoms with Crippen LogP contribution in [0.4, 0.5) is 34.1 Å². The maximum atomic E-state index is 12.2. The SMILES string of the molecule is Nc1ccc(S(=O)(=O)O)c(N=Nc2c(S(=O)(=O)O)cc3cc(S(=O)(=O)O)c(N=Nc4ccc(S(=O)(=O)O)cc4)c(N)c3c2O)c1. The Labute approximate surface area is 253 Å². The van der Waals surface area contributed by atoms with Crippen LogP contribution in [-0.2, 0) is 40.5 Å². The zero-order chi connectivity index (χ0) is 33.7. The van der Waals surface area contributed by atoms with E-state index in [4.69, 9.17) is 16.0 Å². The van der Waals surface area contributed by atoms with E-state index in [-0.39, 0.29) is 11.4 Å². The van der Waals surface area contributed by atoms with Crippen molar-refractivity contribution >= 4 is 85.4 Å². The second kappa shape index (κ2) is 11.4. The molecule has 0 radical (unpaired) electrons. The number of aromatic hydroxyl groups is 1. The molecule has 19 nitrogen and oxygen atoms in total. The molecular weight excluding hydrogens is 685 g/mol. The van der Waals surface area contributed by atoms with E-state index in [0.717, 1.165) is 42.5 Å². The largest absolute Gasteiger partial charge is 0.505 e. The van der Waals surface area contributed by atoms with Gasteiger partial charge in [0.25, 0.3) is 40.5 Å². The summed E-state index contributed by atoms with van der Waals surface area (Å²) in [6.45, 7) is 0. The summed E-state index contributed by atoms with van der Waals surface area (Å²) >= 11 is 0. The van der Waals surface area contributed by atoms with Crippen LogP contribution < -0.4 is 11.5 Å². The van der Waals surface area contributed by atoms with Gasteiger partial charge in [-0.15, -0.1) is 15.3 Å². The average molecular weight is 703 g/mol. The first-order valence-corrected chi connectivity index (χ1v) is 17.2. The summed E-state index contributed by atoms with van der Waals surface area (Å²) in [6.07, 6.45) is 0. The summed E-state index contributed by atoms with van der Waals surface area (Å²) < 4.78 is 133. The van der Waals surface area contributed by atoms with E-state index in [1.807, 2.05) is 0 Å². The summed E-state index contributed by atoms with van der Waals surface area (Å²) in [4.78, 5) is -3.55. The predicted molar refractivity (Wildman–Crippen MR) is 155 cm³/mol. The van der Waals surface area contributed by atoms with Gasteiger partial charge in [-0.2, -0.15) is 38.8 Å². The molecule has 0 unspecified atom stereocenters. The fraction of sp³-hybridized carbons (Fsp3) is 0. The Bertz CT molecular complexity index is 2390. The minimum Gasteiger partial charge on any atom is -0.505 e. The van der Waals surface area contributed by atoms with Gasteiger partial charge in [-0.25, -0.2) is 0 Å². The van der Waals surface area contributed by atoms with Crippen molar-refractivity contribution in [2.45, 2.75) is 19.6 Å². The third-order valence-corrected chi connectivity index (χ3v) is 9.29. The number of nitrogens with zero attached hydrogens (tertiary/aromatic N) is 4. The van der Waals surface area contributed by atoms with Gasteiger partial charge in [0.1, 0.15) is 31.7 Å². The molecule has 0 aliphatic rings. The first kappa shape index (κ1) is 33.3. The van der Waals surface area contributed by atoms with Crippen molar-refractivity contribution in [2.75, 3.05) is 11.5 Å². The summed E-state index contributed by atoms with van der Waals surface area (Å²) in [5.74, 6) is -1.16. The van der Waals surface area contributed by atoms with E-state index < -0.39 is 99.3 Å². The molecule has 9 N–H and O–H groups in total. The Hall–Kier alpha value is -4.62. The molecule has 0 spiro atoms. The minimum atomic E-state index is -5.29. The number of hydrogen-bond acceptors (Lipinski definition) is 15. The standard InChI is InChI=1S/C22H18N6O13S4/c23-11-1-6-15(43(33,34)35)14(9-11)26-28-21-17(45(39,40)41)8-10-7-16(44(36,37)38)20(19(24)18(10)22(21)29)27-25-12-2-4-13(5-3-12)42(30,31)32/h1-9,29H,23-24H2,(H,30,31,32)(H,33,34,35)(H,36,37,38)(H,39,40,41). The van der Waals surface area contributed by atoms with Crippen LogP contribution in [0.15, 0.2) is 94.6 Å². The molecule has 4 aromatic carbocycles. The number of anilines is 2. The molecule has 0 bridgehead atoms. The number of phenolic OH excluding ortho intramolecular Hbond substituents is 1. The number of fused-ring (bicyclic) bond motifs is 1. The van der Waals surface area contributed by atoms with Gasteiger partial charge >= 0.3 is 0 Å². The first-order chi connectivity index (χ1) is 20.6. The van der Waals surface area contributed by atoms with Crippen LogP contribution >= 0.6 is 0 Å². The predicted octanol–water partition coefficient (Wildman–Crippen LogP) is 3.53. The quantitative estimate of drug-likeness (QED) is 0.0784. The Morgan fingerprint density at radius 3 is 1.58 bits per heavy atom. The van der Waals surface area contributed by atoms with Gasteiger partial charge in [-0.3, -0.25) is 18.2 Å². The van der Waals surface area contributed by atoms with Crippen LogP contribution in [-0.4, -0.2) is 57.0 Å². The highest BCUT2D eigenvalue weighted by atomic mass is 32.2. The molecular formula is C22H18N6O13S4. The maximum absolute atomic E-state index is 12.2. The lowest BCUT2D eigenvalue weighted by Gasteiger charge is -2.14. The van der Waals surface area contributed by atoms with Gasteiger partial charge in [-0.05, 0) is 60.0 Å². The molecule has 4 rings (SSSR count). The molecule has 0 fully saturated rings. The zero-order valence-corrected chi connectivity index (χ0v) is 25.0. The third-order valence-electron chi connectivity index (χ3n) is 5.79. The molecule has 0 aliphatic heterocycles. The van der Waals surface area contributed by atoms with E-state index in [0.29, 0.717) is 12.1 Å². The number of phenols is 1. The molecule has 45 heavy (non-hydrogen) atoms. The average Bonchev–Trinajstić information content (AvgIpc) is 2.89. The Morgan fingerprint density at radius 2 is 1.07 bits per heavy atom.